The number of anilines is 1. The maximum absolute atomic E-state index is 13.8. The van der Waals surface area contributed by atoms with Gasteiger partial charge in [-0.15, -0.1) is 0 Å². The monoisotopic (exact) mass is 632 g/mol. The fraction of sp³-hybridized carbons (Fsp3) is 0.382. The molecule has 0 bridgehead atoms. The van der Waals surface area contributed by atoms with Crippen LogP contribution in [0.15, 0.2) is 42.5 Å². The van der Waals surface area contributed by atoms with Crippen LogP contribution in [0.4, 0.5) is 5.69 Å². The Morgan fingerprint density at radius 1 is 1.07 bits per heavy atom. The van der Waals surface area contributed by atoms with E-state index in [1.165, 1.54) is 32.2 Å². The van der Waals surface area contributed by atoms with Gasteiger partial charge in [-0.05, 0) is 31.5 Å². The predicted molar refractivity (Wildman–Crippen MR) is 164 cm³/mol. The second kappa shape index (κ2) is 11.8. The number of nitrogens with one attached hydrogen (secondary N) is 1. The van der Waals surface area contributed by atoms with Crippen LogP contribution < -0.4 is 15.8 Å². The molecule has 2 aliphatic carbocycles. The van der Waals surface area contributed by atoms with Gasteiger partial charge in [-0.1, -0.05) is 30.3 Å². The Morgan fingerprint density at radius 2 is 1.78 bits per heavy atom. The number of Topliss-reactive ketones (excluding diaryl/α,β-unsaturated/α-hetero) is 1. The molecule has 12 nitrogen and oxygen atoms in total. The number of nitrogens with two attached hydrogens (primary N) is 1. The first-order valence-electron chi connectivity index (χ1n) is 15.0. The number of hydrogen-bond donors (Lipinski definition) is 6. The number of aliphatic hydroxyl groups is 2. The number of methoxy groups -OCH3 is 1. The van der Waals surface area contributed by atoms with E-state index in [2.05, 4.69) is 5.32 Å². The van der Waals surface area contributed by atoms with Crippen molar-refractivity contribution in [1.29, 1.82) is 0 Å². The van der Waals surface area contributed by atoms with Gasteiger partial charge >= 0.3 is 0 Å². The molecule has 6 rings (SSSR count). The number of aromatic hydroxyl groups is 2. The summed E-state index contributed by atoms with van der Waals surface area (Å²) in [4.78, 5) is 40.2. The highest BCUT2D eigenvalue weighted by Gasteiger charge is 2.49. The molecular formula is C34H36N2O10. The first kappa shape index (κ1) is 31.6. The van der Waals surface area contributed by atoms with E-state index in [4.69, 9.17) is 19.9 Å². The zero-order valence-corrected chi connectivity index (χ0v) is 25.6. The maximum atomic E-state index is 13.8. The number of rotatable bonds is 7. The van der Waals surface area contributed by atoms with E-state index in [1.54, 1.807) is 13.0 Å². The van der Waals surface area contributed by atoms with E-state index < -0.39 is 82.6 Å². The van der Waals surface area contributed by atoms with E-state index in [0.717, 1.165) is 5.56 Å². The Kier molecular flexibility index (Phi) is 8.11. The molecule has 6 atom stereocenters. The van der Waals surface area contributed by atoms with Gasteiger partial charge < -0.3 is 45.7 Å². The van der Waals surface area contributed by atoms with Crippen molar-refractivity contribution in [3.05, 3.63) is 81.4 Å². The van der Waals surface area contributed by atoms with Crippen molar-refractivity contribution >= 4 is 23.0 Å². The van der Waals surface area contributed by atoms with Crippen LogP contribution in [0.5, 0.6) is 17.2 Å². The lowest BCUT2D eigenvalue weighted by Gasteiger charge is -2.43. The third-order valence-corrected chi connectivity index (χ3v) is 9.36. The molecule has 46 heavy (non-hydrogen) atoms. The largest absolute Gasteiger partial charge is 0.507 e. The lowest BCUT2D eigenvalue weighted by molar-refractivity contribution is -0.249. The van der Waals surface area contributed by atoms with Crippen LogP contribution in [-0.4, -0.2) is 75.0 Å². The molecule has 0 radical (unpaired) electrons. The zero-order valence-electron chi connectivity index (χ0n) is 25.6. The molecule has 242 valence electrons. The standard InChI is InChI=1S/C34H36N2O10/c1-15-29(38)21(36-14-17-7-4-5-9-20(17)35)11-24(45-15)46-23-13-34(43,16(2)37)12-19-26(23)33(42)28-27(31(19)40)30(39)18-8-6-10-22(44-3)25(18)32(28)41/h4-10,15,21,23-24,29,36,38,40,42-43H,11-14,35H2,1-3H3. The number of carbonyl (C=O) groups excluding carboxylic acids is 3. The summed E-state index contributed by atoms with van der Waals surface area (Å²) in [5.74, 6) is -3.19. The fourth-order valence-corrected chi connectivity index (χ4v) is 6.76. The Bertz CT molecular complexity index is 1760. The third-order valence-electron chi connectivity index (χ3n) is 9.36. The first-order chi connectivity index (χ1) is 21.9. The molecule has 1 heterocycles. The van der Waals surface area contributed by atoms with Crippen LogP contribution >= 0.6 is 0 Å². The number of fused-ring (bicyclic) bond motifs is 3. The van der Waals surface area contributed by atoms with Crippen molar-refractivity contribution in [2.75, 3.05) is 12.8 Å². The normalized spacial score (nSPS) is 27.0. The minimum absolute atomic E-state index is 0.0177. The van der Waals surface area contributed by atoms with E-state index in [-0.39, 0.29) is 40.8 Å². The molecular weight excluding hydrogens is 596 g/mol. The molecule has 1 aliphatic heterocycles. The summed E-state index contributed by atoms with van der Waals surface area (Å²) < 4.78 is 17.6. The summed E-state index contributed by atoms with van der Waals surface area (Å²) in [6.45, 7) is 3.21. The average Bonchev–Trinajstić information content (AvgIpc) is 3.02. The number of phenols is 2. The van der Waals surface area contributed by atoms with Crippen molar-refractivity contribution in [1.82, 2.24) is 5.32 Å². The summed E-state index contributed by atoms with van der Waals surface area (Å²) in [6, 6.07) is 11.3. The van der Waals surface area contributed by atoms with Gasteiger partial charge in [0, 0.05) is 54.2 Å². The van der Waals surface area contributed by atoms with Gasteiger partial charge in [-0.25, -0.2) is 0 Å². The van der Waals surface area contributed by atoms with Gasteiger partial charge in [-0.3, -0.25) is 14.4 Å². The summed E-state index contributed by atoms with van der Waals surface area (Å²) >= 11 is 0. The smallest absolute Gasteiger partial charge is 0.202 e. The van der Waals surface area contributed by atoms with Crippen LogP contribution in [0.2, 0.25) is 0 Å². The SMILES string of the molecule is COc1cccc2c1C(=O)c1c(O)c3c(c(O)c1C2=O)CC(O)(C(C)=O)CC3OC1CC(NCc2ccccc2N)C(O)C(C)O1. The van der Waals surface area contributed by atoms with Gasteiger partial charge in [0.15, 0.2) is 17.9 Å². The average molecular weight is 633 g/mol. The number of benzene rings is 3. The number of para-hydroxylation sites is 1. The molecule has 6 unspecified atom stereocenters. The zero-order chi connectivity index (χ0) is 33.1. The summed E-state index contributed by atoms with van der Waals surface area (Å²) in [6.07, 6.45) is -4.52. The number of carbonyl (C=O) groups is 3. The van der Waals surface area contributed by atoms with Gasteiger partial charge in [0.25, 0.3) is 0 Å². The van der Waals surface area contributed by atoms with E-state index >= 15 is 0 Å². The lowest BCUT2D eigenvalue weighted by atomic mass is 9.72. The number of nitrogen functional groups attached to an aromatic ring is 1. The van der Waals surface area contributed by atoms with Crippen molar-refractivity contribution < 1.29 is 49.0 Å². The van der Waals surface area contributed by atoms with E-state index in [0.29, 0.717) is 12.2 Å². The molecule has 7 N–H and O–H groups in total. The molecule has 3 aromatic rings. The van der Waals surface area contributed by atoms with Gasteiger partial charge in [0.1, 0.15) is 22.8 Å². The molecule has 0 spiro atoms. The van der Waals surface area contributed by atoms with Crippen LogP contribution in [-0.2, 0) is 27.2 Å². The molecule has 0 saturated carbocycles. The highest BCUT2D eigenvalue weighted by Crippen LogP contribution is 2.52. The van der Waals surface area contributed by atoms with Crippen LogP contribution in [0.1, 0.15) is 81.3 Å². The van der Waals surface area contributed by atoms with Crippen LogP contribution in [0.3, 0.4) is 0 Å². The number of ketones is 3. The van der Waals surface area contributed by atoms with Gasteiger partial charge in [0.05, 0.1) is 42.1 Å². The summed E-state index contributed by atoms with van der Waals surface area (Å²) in [7, 11) is 1.35. The molecule has 0 aromatic heterocycles. The van der Waals surface area contributed by atoms with Crippen molar-refractivity contribution in [2.24, 2.45) is 0 Å². The van der Waals surface area contributed by atoms with Gasteiger partial charge in [-0.2, -0.15) is 0 Å². The van der Waals surface area contributed by atoms with Crippen molar-refractivity contribution in [3.8, 4) is 17.2 Å². The van der Waals surface area contributed by atoms with Crippen LogP contribution in [0, 0.1) is 0 Å². The Labute approximate surface area is 264 Å². The van der Waals surface area contributed by atoms with E-state index in [1.807, 2.05) is 18.2 Å². The molecule has 1 saturated heterocycles. The Morgan fingerprint density at radius 3 is 2.48 bits per heavy atom. The minimum atomic E-state index is -2.03. The molecule has 0 amide bonds. The summed E-state index contributed by atoms with van der Waals surface area (Å²) in [5.41, 5.74) is 4.43. The highest BCUT2D eigenvalue weighted by molar-refractivity contribution is 6.31. The molecule has 1 fully saturated rings. The predicted octanol–water partition coefficient (Wildman–Crippen LogP) is 2.44. The fourth-order valence-electron chi connectivity index (χ4n) is 6.76. The maximum Gasteiger partial charge on any atom is 0.202 e. The van der Waals surface area contributed by atoms with Gasteiger partial charge in [0.2, 0.25) is 5.78 Å². The number of aliphatic hydroxyl groups excluding tert-OH is 1. The summed E-state index contributed by atoms with van der Waals surface area (Å²) in [5, 5.41) is 48.9. The topological polar surface area (TPSA) is 198 Å². The lowest BCUT2D eigenvalue weighted by Crippen LogP contribution is -2.54. The number of hydrogen-bond acceptors (Lipinski definition) is 12. The molecule has 12 heteroatoms. The molecule has 3 aromatic carbocycles. The number of phenolic OH excluding ortho intramolecular Hbond substituents is 2. The number of ether oxygens (including phenoxy) is 3. The Hall–Kier alpha value is -4.33. The third kappa shape index (κ3) is 5.12. The first-order valence-corrected chi connectivity index (χ1v) is 15.0. The van der Waals surface area contributed by atoms with E-state index in [9.17, 15) is 34.8 Å². The van der Waals surface area contributed by atoms with Crippen molar-refractivity contribution in [3.63, 3.8) is 0 Å². The highest BCUT2D eigenvalue weighted by atomic mass is 16.7. The van der Waals surface area contributed by atoms with Crippen LogP contribution in [0.25, 0.3) is 0 Å². The second-order valence-electron chi connectivity index (χ2n) is 12.2. The minimum Gasteiger partial charge on any atom is -0.507 e. The Balaban J connectivity index is 1.38. The second-order valence-corrected chi connectivity index (χ2v) is 12.2. The molecule has 3 aliphatic rings. The van der Waals surface area contributed by atoms with Crippen molar-refractivity contribution in [2.45, 2.75) is 75.9 Å². The quantitative estimate of drug-likeness (QED) is 0.129.